The zero-order valence-corrected chi connectivity index (χ0v) is 21.1. The summed E-state index contributed by atoms with van der Waals surface area (Å²) in [5.74, 6) is 4.83. The predicted molar refractivity (Wildman–Crippen MR) is 141 cm³/mol. The standard InChI is InChI=1S/C31H34FNO2/c1-21(2)29(34)31(32)17-8-7-10-24(16-18-31)25-14-15-28-26(19-25)13-12-23-9-5-6-11-27(23)20-33(28)30(35)22(3)4/h5-6,9,11-15,19,21-22,24H,7-8,10,17,20H2,1-4H3/b13-12-. The van der Waals surface area contributed by atoms with Crippen LogP contribution >= 0.6 is 0 Å². The second-order valence-corrected chi connectivity index (χ2v) is 10.3. The van der Waals surface area contributed by atoms with Crippen LogP contribution in [0.3, 0.4) is 0 Å². The molecule has 2 aromatic carbocycles. The van der Waals surface area contributed by atoms with Crippen molar-refractivity contribution in [2.24, 2.45) is 11.8 Å². The van der Waals surface area contributed by atoms with Gasteiger partial charge in [-0.25, -0.2) is 4.39 Å². The Morgan fingerprint density at radius 1 is 1.00 bits per heavy atom. The molecule has 2 aliphatic rings. The van der Waals surface area contributed by atoms with Crippen LogP contribution in [-0.2, 0) is 16.1 Å². The number of Topliss-reactive ketones (excluding diaryl/α,β-unsaturated/α-hetero) is 1. The van der Waals surface area contributed by atoms with Crippen molar-refractivity contribution in [1.29, 1.82) is 0 Å². The number of carbonyl (C=O) groups excluding carboxylic acids is 2. The maximum absolute atomic E-state index is 15.5. The van der Waals surface area contributed by atoms with Crippen molar-refractivity contribution in [3.8, 4) is 11.8 Å². The Hall–Kier alpha value is -3.19. The third-order valence-corrected chi connectivity index (χ3v) is 6.95. The summed E-state index contributed by atoms with van der Waals surface area (Å²) in [5.41, 5.74) is 2.93. The molecule has 0 spiro atoms. The first-order valence-electron chi connectivity index (χ1n) is 12.7. The fourth-order valence-electron chi connectivity index (χ4n) is 4.90. The molecule has 0 radical (unpaired) electrons. The molecule has 2 atom stereocenters. The Balaban J connectivity index is 1.76. The number of alkyl halides is 1. The molecule has 3 nitrogen and oxygen atoms in total. The van der Waals surface area contributed by atoms with Crippen LogP contribution in [-0.4, -0.2) is 17.4 Å². The lowest BCUT2D eigenvalue weighted by Gasteiger charge is -2.29. The van der Waals surface area contributed by atoms with Gasteiger partial charge in [-0.2, -0.15) is 0 Å². The van der Waals surface area contributed by atoms with Gasteiger partial charge >= 0.3 is 0 Å². The molecule has 0 aromatic heterocycles. The fraction of sp³-hybridized carbons (Fsp3) is 0.419. The summed E-state index contributed by atoms with van der Waals surface area (Å²) in [6, 6.07) is 14.2. The van der Waals surface area contributed by atoms with Crippen molar-refractivity contribution in [3.63, 3.8) is 0 Å². The summed E-state index contributed by atoms with van der Waals surface area (Å²) in [5, 5.41) is 0. The van der Waals surface area contributed by atoms with Crippen molar-refractivity contribution >= 4 is 29.5 Å². The van der Waals surface area contributed by atoms with E-state index in [1.807, 2.05) is 43.0 Å². The Morgan fingerprint density at radius 2 is 1.74 bits per heavy atom. The average Bonchev–Trinajstić information content (AvgIpc) is 2.82. The first kappa shape index (κ1) is 24.9. The van der Waals surface area contributed by atoms with Crippen LogP contribution in [0.25, 0.3) is 12.2 Å². The molecule has 1 heterocycles. The lowest BCUT2D eigenvalue weighted by Crippen LogP contribution is -2.36. The number of nitrogens with zero attached hydrogens (tertiary/aromatic N) is 1. The number of halogens is 1. The van der Waals surface area contributed by atoms with Crippen LogP contribution in [0.15, 0.2) is 42.5 Å². The van der Waals surface area contributed by atoms with Gasteiger partial charge in [-0.1, -0.05) is 88.4 Å². The molecule has 0 bridgehead atoms. The summed E-state index contributed by atoms with van der Waals surface area (Å²) in [7, 11) is 0. The van der Waals surface area contributed by atoms with E-state index in [0.29, 0.717) is 13.0 Å². The van der Waals surface area contributed by atoms with E-state index in [1.165, 1.54) is 0 Å². The Morgan fingerprint density at radius 3 is 2.49 bits per heavy atom. The van der Waals surface area contributed by atoms with E-state index >= 15 is 4.39 Å². The van der Waals surface area contributed by atoms with E-state index in [9.17, 15) is 9.59 Å². The van der Waals surface area contributed by atoms with Gasteiger partial charge in [0.15, 0.2) is 5.78 Å². The molecule has 0 N–H and O–H groups in total. The van der Waals surface area contributed by atoms with Gasteiger partial charge in [-0.3, -0.25) is 9.59 Å². The number of hydrogen-bond acceptors (Lipinski definition) is 2. The molecule has 1 aliphatic carbocycles. The minimum atomic E-state index is -2.07. The van der Waals surface area contributed by atoms with Crippen molar-refractivity contribution in [1.82, 2.24) is 0 Å². The lowest BCUT2D eigenvalue weighted by atomic mass is 9.83. The fourth-order valence-corrected chi connectivity index (χ4v) is 4.90. The molecular weight excluding hydrogens is 437 g/mol. The maximum Gasteiger partial charge on any atom is 0.229 e. The molecule has 4 rings (SSSR count). The van der Waals surface area contributed by atoms with Crippen LogP contribution in [0.5, 0.6) is 0 Å². The van der Waals surface area contributed by atoms with Crippen molar-refractivity contribution in [2.75, 3.05) is 4.90 Å². The largest absolute Gasteiger partial charge is 0.307 e. The highest BCUT2D eigenvalue weighted by molar-refractivity contribution is 5.98. The van der Waals surface area contributed by atoms with Crippen molar-refractivity contribution < 1.29 is 14.0 Å². The molecule has 35 heavy (non-hydrogen) atoms. The zero-order valence-electron chi connectivity index (χ0n) is 21.1. The van der Waals surface area contributed by atoms with Crippen LogP contribution in [0, 0.1) is 23.7 Å². The summed E-state index contributed by atoms with van der Waals surface area (Å²) in [6.45, 7) is 7.80. The average molecular weight is 472 g/mol. The van der Waals surface area contributed by atoms with E-state index in [4.69, 9.17) is 0 Å². The van der Waals surface area contributed by atoms with E-state index < -0.39 is 11.5 Å². The van der Waals surface area contributed by atoms with Gasteiger partial charge in [-0.05, 0) is 47.2 Å². The second-order valence-electron chi connectivity index (χ2n) is 10.3. The Labute approximate surface area is 208 Å². The third-order valence-electron chi connectivity index (χ3n) is 6.95. The summed E-state index contributed by atoms with van der Waals surface area (Å²) in [6.07, 6.45) is 6.58. The molecule has 1 aliphatic heterocycles. The Kier molecular flexibility index (Phi) is 7.26. The van der Waals surface area contributed by atoms with Gasteiger partial charge in [0.05, 0.1) is 12.2 Å². The van der Waals surface area contributed by atoms with E-state index in [-0.39, 0.29) is 30.1 Å². The maximum atomic E-state index is 15.5. The predicted octanol–water partition coefficient (Wildman–Crippen LogP) is 6.95. The quantitative estimate of drug-likeness (QED) is 0.452. The SMILES string of the molecule is CC(C)C(=O)N1Cc2ccccc2/C=C\c2cc(C3C#CC(F)(C(=O)C(C)C)CCCC3)ccc21. The molecule has 0 fully saturated rings. The smallest absolute Gasteiger partial charge is 0.229 e. The first-order valence-corrected chi connectivity index (χ1v) is 12.7. The second kappa shape index (κ2) is 10.2. The summed E-state index contributed by atoms with van der Waals surface area (Å²) < 4.78 is 15.5. The molecule has 1 amide bonds. The first-order chi connectivity index (χ1) is 16.7. The number of rotatable bonds is 4. The van der Waals surface area contributed by atoms with Gasteiger partial charge in [0.2, 0.25) is 11.6 Å². The van der Waals surface area contributed by atoms with Crippen LogP contribution < -0.4 is 4.90 Å². The van der Waals surface area contributed by atoms with E-state index in [0.717, 1.165) is 40.8 Å². The Bertz CT molecular complexity index is 1220. The minimum Gasteiger partial charge on any atom is -0.307 e. The molecule has 2 unspecified atom stereocenters. The van der Waals surface area contributed by atoms with Gasteiger partial charge < -0.3 is 4.90 Å². The number of hydrogen-bond donors (Lipinski definition) is 0. The molecule has 2 aromatic rings. The van der Waals surface area contributed by atoms with Gasteiger partial charge in [0.1, 0.15) is 0 Å². The van der Waals surface area contributed by atoms with Gasteiger partial charge in [0, 0.05) is 24.2 Å². The summed E-state index contributed by atoms with van der Waals surface area (Å²) in [4.78, 5) is 27.6. The molecule has 4 heteroatoms. The highest BCUT2D eigenvalue weighted by Gasteiger charge is 2.38. The molecule has 0 saturated heterocycles. The number of ketones is 1. The van der Waals surface area contributed by atoms with E-state index in [1.54, 1.807) is 13.8 Å². The van der Waals surface area contributed by atoms with Gasteiger partial charge in [0.25, 0.3) is 0 Å². The normalized spacial score (nSPS) is 22.6. The van der Waals surface area contributed by atoms with Crippen molar-refractivity contribution in [3.05, 3.63) is 64.7 Å². The van der Waals surface area contributed by atoms with Crippen LogP contribution in [0.2, 0.25) is 0 Å². The number of amides is 1. The highest BCUT2D eigenvalue weighted by atomic mass is 19.1. The monoisotopic (exact) mass is 471 g/mol. The zero-order chi connectivity index (χ0) is 25.2. The molecular formula is C31H34FNO2. The number of fused-ring (bicyclic) bond motifs is 2. The van der Waals surface area contributed by atoms with E-state index in [2.05, 4.69) is 42.2 Å². The summed E-state index contributed by atoms with van der Waals surface area (Å²) >= 11 is 0. The van der Waals surface area contributed by atoms with Gasteiger partial charge in [-0.15, -0.1) is 0 Å². The highest BCUT2D eigenvalue weighted by Crippen LogP contribution is 2.35. The minimum absolute atomic E-state index is 0.0734. The lowest BCUT2D eigenvalue weighted by molar-refractivity contribution is -0.130. The number of benzene rings is 2. The number of carbonyl (C=O) groups is 2. The van der Waals surface area contributed by atoms with Crippen molar-refractivity contribution in [2.45, 2.75) is 71.5 Å². The van der Waals surface area contributed by atoms with Crippen LogP contribution in [0.1, 0.15) is 81.5 Å². The topological polar surface area (TPSA) is 37.4 Å². The number of anilines is 1. The molecule has 182 valence electrons. The third kappa shape index (κ3) is 5.25. The molecule has 0 saturated carbocycles. The van der Waals surface area contributed by atoms with Crippen LogP contribution in [0.4, 0.5) is 10.1 Å².